The molecule has 0 aromatic heterocycles. The lowest BCUT2D eigenvalue weighted by Gasteiger charge is -2.18. The van der Waals surface area contributed by atoms with Gasteiger partial charge in [-0.2, -0.15) is 0 Å². The molecule has 0 bridgehead atoms. The molecular weight excluding hydrogens is 721 g/mol. The van der Waals surface area contributed by atoms with Gasteiger partial charge in [-0.3, -0.25) is 14.4 Å². The van der Waals surface area contributed by atoms with Crippen LogP contribution in [0, 0.1) is 0 Å². The van der Waals surface area contributed by atoms with E-state index < -0.39 is 12.1 Å². The van der Waals surface area contributed by atoms with Crippen LogP contribution in [0.1, 0.15) is 233 Å². The lowest BCUT2D eigenvalue weighted by atomic mass is 10.0. The first-order chi connectivity index (χ1) is 28.5. The molecule has 0 aliphatic rings. The van der Waals surface area contributed by atoms with Crippen LogP contribution in [0.4, 0.5) is 0 Å². The number of hydrogen-bond donors (Lipinski definition) is 0. The summed E-state index contributed by atoms with van der Waals surface area (Å²) in [5.41, 5.74) is 0. The van der Waals surface area contributed by atoms with Crippen LogP contribution >= 0.6 is 0 Å². The van der Waals surface area contributed by atoms with Crippen LogP contribution in [-0.2, 0) is 28.6 Å². The van der Waals surface area contributed by atoms with Gasteiger partial charge >= 0.3 is 17.9 Å². The molecule has 0 radical (unpaired) electrons. The van der Waals surface area contributed by atoms with Crippen molar-refractivity contribution in [3.8, 4) is 0 Å². The van der Waals surface area contributed by atoms with Crippen LogP contribution in [0.15, 0.2) is 60.8 Å². The van der Waals surface area contributed by atoms with Gasteiger partial charge in [0.05, 0.1) is 6.42 Å². The number of hydrogen-bond acceptors (Lipinski definition) is 6. The van der Waals surface area contributed by atoms with Crippen LogP contribution in [0.2, 0.25) is 0 Å². The van der Waals surface area contributed by atoms with Gasteiger partial charge in [0.2, 0.25) is 0 Å². The average molecular weight is 811 g/mol. The van der Waals surface area contributed by atoms with E-state index in [1.54, 1.807) is 6.08 Å². The Labute approximate surface area is 358 Å². The van der Waals surface area contributed by atoms with E-state index >= 15 is 0 Å². The van der Waals surface area contributed by atoms with Crippen LogP contribution in [-0.4, -0.2) is 37.2 Å². The summed E-state index contributed by atoms with van der Waals surface area (Å²) in [7, 11) is 0. The quantitative estimate of drug-likeness (QED) is 0.0264. The van der Waals surface area contributed by atoms with E-state index in [0.29, 0.717) is 12.8 Å². The Morgan fingerprint density at radius 1 is 0.379 bits per heavy atom. The fourth-order valence-electron chi connectivity index (χ4n) is 6.65. The highest BCUT2D eigenvalue weighted by molar-refractivity contribution is 5.72. The Morgan fingerprint density at radius 3 is 1.24 bits per heavy atom. The minimum atomic E-state index is -0.808. The third kappa shape index (κ3) is 44.2. The molecule has 0 amide bonds. The molecule has 0 aliphatic heterocycles. The van der Waals surface area contributed by atoms with Crippen LogP contribution in [0.3, 0.4) is 0 Å². The molecule has 0 fully saturated rings. The maximum Gasteiger partial charge on any atom is 0.309 e. The molecule has 0 aromatic carbocycles. The molecule has 6 nitrogen and oxygen atoms in total. The fraction of sp³-hybridized carbons (Fsp3) is 0.750. The Hall–Kier alpha value is -2.89. The van der Waals surface area contributed by atoms with Crippen molar-refractivity contribution in [2.24, 2.45) is 0 Å². The summed E-state index contributed by atoms with van der Waals surface area (Å²) in [4.78, 5) is 37.7. The Morgan fingerprint density at radius 2 is 0.741 bits per heavy atom. The third-order valence-electron chi connectivity index (χ3n) is 10.3. The van der Waals surface area contributed by atoms with Crippen LogP contribution in [0.5, 0.6) is 0 Å². The monoisotopic (exact) mass is 811 g/mol. The fourth-order valence-corrected chi connectivity index (χ4v) is 6.65. The van der Waals surface area contributed by atoms with Gasteiger partial charge in [0.25, 0.3) is 0 Å². The van der Waals surface area contributed by atoms with E-state index in [2.05, 4.69) is 69.4 Å². The van der Waals surface area contributed by atoms with Gasteiger partial charge in [0, 0.05) is 12.8 Å². The minimum absolute atomic E-state index is 0.104. The lowest BCUT2D eigenvalue weighted by Crippen LogP contribution is -2.30. The number of carbonyl (C=O) groups excluding carboxylic acids is 3. The summed E-state index contributed by atoms with van der Waals surface area (Å²) in [6.45, 7) is 6.39. The van der Waals surface area contributed by atoms with Gasteiger partial charge in [-0.1, -0.05) is 210 Å². The van der Waals surface area contributed by atoms with Crippen molar-refractivity contribution in [1.29, 1.82) is 0 Å². The largest absolute Gasteiger partial charge is 0.462 e. The van der Waals surface area contributed by atoms with Crippen LogP contribution < -0.4 is 0 Å². The van der Waals surface area contributed by atoms with Crippen molar-refractivity contribution < 1.29 is 28.6 Å². The van der Waals surface area contributed by atoms with E-state index in [0.717, 1.165) is 70.6 Å². The molecule has 0 spiro atoms. The lowest BCUT2D eigenvalue weighted by molar-refractivity contribution is -0.166. The normalized spacial score (nSPS) is 12.5. The van der Waals surface area contributed by atoms with E-state index in [1.165, 1.54) is 122 Å². The highest BCUT2D eigenvalue weighted by Gasteiger charge is 2.19. The van der Waals surface area contributed by atoms with Crippen molar-refractivity contribution in [1.82, 2.24) is 0 Å². The highest BCUT2D eigenvalue weighted by Crippen LogP contribution is 2.15. The SMILES string of the molecule is CC/C=C\C/C=C\C/C=C\CC(=O)OCC(COC(=O)CCCCCCCCC/C=C\C/C=C\CCCCC)OC(=O)CCCCCCCCCCCCCCCC. The van der Waals surface area contributed by atoms with E-state index in [1.807, 2.05) is 6.08 Å². The summed E-state index contributed by atoms with van der Waals surface area (Å²) in [6, 6.07) is 0. The van der Waals surface area contributed by atoms with Gasteiger partial charge < -0.3 is 14.2 Å². The van der Waals surface area contributed by atoms with Crippen molar-refractivity contribution in [2.75, 3.05) is 13.2 Å². The topological polar surface area (TPSA) is 78.9 Å². The van der Waals surface area contributed by atoms with Crippen molar-refractivity contribution >= 4 is 17.9 Å². The maximum atomic E-state index is 12.7. The summed E-state index contributed by atoms with van der Waals surface area (Å²) in [5.74, 6) is -1.04. The molecule has 0 heterocycles. The van der Waals surface area contributed by atoms with Gasteiger partial charge in [-0.05, 0) is 64.2 Å². The molecule has 334 valence electrons. The smallest absolute Gasteiger partial charge is 0.309 e. The van der Waals surface area contributed by atoms with Crippen LogP contribution in [0.25, 0.3) is 0 Å². The van der Waals surface area contributed by atoms with Crippen molar-refractivity contribution in [3.05, 3.63) is 60.8 Å². The standard InChI is InChI=1S/C52H90O6/c1-4-7-10-13-16-19-21-23-25-26-27-29-30-33-36-39-42-45-51(54)57-48-49(47-56-50(53)44-41-38-35-32-18-15-12-9-6-3)58-52(55)46-43-40-37-34-31-28-24-22-20-17-14-11-8-5-2/h9,12,16,18-19,23,25,32,38,41,49H,4-8,10-11,13-15,17,20-22,24,26-31,33-37,39-40,42-48H2,1-3H3/b12-9-,19-16-,25-23-,32-18-,41-38-. The van der Waals surface area contributed by atoms with E-state index in [-0.39, 0.29) is 31.6 Å². The molecule has 1 unspecified atom stereocenters. The van der Waals surface area contributed by atoms with E-state index in [9.17, 15) is 14.4 Å². The average Bonchev–Trinajstić information content (AvgIpc) is 3.22. The predicted molar refractivity (Wildman–Crippen MR) is 247 cm³/mol. The highest BCUT2D eigenvalue weighted by atomic mass is 16.6. The van der Waals surface area contributed by atoms with Gasteiger partial charge in [-0.25, -0.2) is 0 Å². The molecule has 0 saturated heterocycles. The first kappa shape index (κ1) is 55.1. The van der Waals surface area contributed by atoms with Crippen molar-refractivity contribution in [3.63, 3.8) is 0 Å². The zero-order chi connectivity index (χ0) is 42.3. The molecule has 58 heavy (non-hydrogen) atoms. The second kappa shape index (κ2) is 46.8. The summed E-state index contributed by atoms with van der Waals surface area (Å²) >= 11 is 0. The number of rotatable bonds is 43. The molecule has 0 rings (SSSR count). The molecule has 0 aromatic rings. The number of unbranched alkanes of at least 4 members (excludes halogenated alkanes) is 23. The zero-order valence-electron chi connectivity index (χ0n) is 38.0. The number of ether oxygens (including phenoxy) is 3. The molecule has 1 atom stereocenters. The molecular formula is C52H90O6. The third-order valence-corrected chi connectivity index (χ3v) is 10.3. The summed E-state index contributed by atoms with van der Waals surface area (Å²) in [6.07, 6.45) is 56.6. The zero-order valence-corrected chi connectivity index (χ0v) is 38.0. The molecule has 6 heteroatoms. The summed E-state index contributed by atoms with van der Waals surface area (Å²) in [5, 5.41) is 0. The van der Waals surface area contributed by atoms with Crippen molar-refractivity contribution in [2.45, 2.75) is 239 Å². The van der Waals surface area contributed by atoms with Gasteiger partial charge in [-0.15, -0.1) is 0 Å². The molecule has 0 aliphatic carbocycles. The maximum absolute atomic E-state index is 12.7. The Kier molecular flexibility index (Phi) is 44.5. The Bertz CT molecular complexity index is 1070. The van der Waals surface area contributed by atoms with Gasteiger partial charge in [0.1, 0.15) is 13.2 Å². The molecule has 0 N–H and O–H groups in total. The Balaban J connectivity index is 4.38. The number of carbonyl (C=O) groups is 3. The van der Waals surface area contributed by atoms with E-state index in [4.69, 9.17) is 14.2 Å². The minimum Gasteiger partial charge on any atom is -0.462 e. The number of allylic oxidation sites excluding steroid dienone is 9. The first-order valence-electron chi connectivity index (χ1n) is 24.3. The molecule has 0 saturated carbocycles. The second-order valence-electron chi connectivity index (χ2n) is 16.0. The van der Waals surface area contributed by atoms with Gasteiger partial charge in [0.15, 0.2) is 6.10 Å². The predicted octanol–water partition coefficient (Wildman–Crippen LogP) is 15.7. The second-order valence-corrected chi connectivity index (χ2v) is 16.0. The summed E-state index contributed by atoms with van der Waals surface area (Å²) < 4.78 is 16.6. The number of esters is 3. The first-order valence-corrected chi connectivity index (χ1v) is 24.3.